The van der Waals surface area contributed by atoms with Crippen molar-refractivity contribution in [1.29, 1.82) is 0 Å². The van der Waals surface area contributed by atoms with Gasteiger partial charge in [0.2, 0.25) is 17.8 Å². The SMILES string of the molecule is CCCC(=O)N1Cc2nc(NC3CCC(=O)N(C)C3)ncc2C1(C)C.CCc1ccccc1.CO. The van der Waals surface area contributed by atoms with Crippen LogP contribution in [0.3, 0.4) is 0 Å². The maximum absolute atomic E-state index is 12.4. The normalized spacial score (nSPS) is 18.0. The van der Waals surface area contributed by atoms with Crippen molar-refractivity contribution < 1.29 is 14.7 Å². The first-order chi connectivity index (χ1) is 16.8. The number of likely N-dealkylation sites (N-methyl/N-ethyl adjacent to an activating group) is 1. The van der Waals surface area contributed by atoms with Crippen molar-refractivity contribution in [1.82, 2.24) is 19.8 Å². The number of aromatic nitrogens is 2. The number of nitrogens with one attached hydrogen (secondary N) is 1. The molecule has 1 saturated heterocycles. The first-order valence-corrected chi connectivity index (χ1v) is 12.4. The number of hydrogen-bond donors (Lipinski definition) is 2. The number of aliphatic hydroxyl groups excluding tert-OH is 1. The van der Waals surface area contributed by atoms with Crippen molar-refractivity contribution >= 4 is 17.8 Å². The van der Waals surface area contributed by atoms with E-state index in [1.165, 1.54) is 5.56 Å². The van der Waals surface area contributed by atoms with Crippen molar-refractivity contribution in [3.05, 3.63) is 53.3 Å². The number of rotatable bonds is 5. The first kappa shape index (κ1) is 28.2. The lowest BCUT2D eigenvalue weighted by Gasteiger charge is -2.32. The van der Waals surface area contributed by atoms with Gasteiger partial charge in [0.25, 0.3) is 0 Å². The summed E-state index contributed by atoms with van der Waals surface area (Å²) in [5, 5.41) is 10.3. The minimum Gasteiger partial charge on any atom is -0.400 e. The Hall–Kier alpha value is -3.00. The number of carbonyl (C=O) groups is 2. The predicted octanol–water partition coefficient (Wildman–Crippen LogP) is 3.74. The van der Waals surface area contributed by atoms with E-state index >= 15 is 0 Å². The number of aryl methyl sites for hydroxylation is 1. The number of piperidine rings is 1. The van der Waals surface area contributed by atoms with Crippen LogP contribution in [0.4, 0.5) is 5.95 Å². The van der Waals surface area contributed by atoms with Crippen molar-refractivity contribution in [3.8, 4) is 0 Å². The Morgan fingerprint density at radius 3 is 2.46 bits per heavy atom. The van der Waals surface area contributed by atoms with Gasteiger partial charge in [0.15, 0.2) is 0 Å². The van der Waals surface area contributed by atoms with Gasteiger partial charge in [-0.2, -0.15) is 0 Å². The van der Waals surface area contributed by atoms with E-state index in [9.17, 15) is 9.59 Å². The fourth-order valence-electron chi connectivity index (χ4n) is 4.39. The molecule has 2 aliphatic heterocycles. The van der Waals surface area contributed by atoms with Gasteiger partial charge in [0, 0.05) is 51.3 Å². The van der Waals surface area contributed by atoms with E-state index in [1.807, 2.05) is 45.0 Å². The van der Waals surface area contributed by atoms with E-state index in [0.29, 0.717) is 31.9 Å². The van der Waals surface area contributed by atoms with E-state index in [4.69, 9.17) is 5.11 Å². The maximum atomic E-state index is 12.4. The molecule has 1 fully saturated rings. The molecule has 0 saturated carbocycles. The Morgan fingerprint density at radius 2 is 1.89 bits per heavy atom. The van der Waals surface area contributed by atoms with Gasteiger partial charge >= 0.3 is 0 Å². The smallest absolute Gasteiger partial charge is 0.223 e. The molecule has 1 aromatic heterocycles. The number of fused-ring (bicyclic) bond motifs is 1. The third-order valence-electron chi connectivity index (χ3n) is 6.49. The fourth-order valence-corrected chi connectivity index (χ4v) is 4.39. The zero-order chi connectivity index (χ0) is 26.0. The Balaban J connectivity index is 0.000000363. The molecule has 2 N–H and O–H groups in total. The highest BCUT2D eigenvalue weighted by molar-refractivity contribution is 5.78. The van der Waals surface area contributed by atoms with Crippen molar-refractivity contribution in [2.45, 2.75) is 77.9 Å². The van der Waals surface area contributed by atoms with Crippen LogP contribution in [-0.2, 0) is 28.1 Å². The Labute approximate surface area is 209 Å². The molecule has 1 atom stereocenters. The fraction of sp³-hybridized carbons (Fsp3) is 0.556. The van der Waals surface area contributed by atoms with Crippen LogP contribution in [0, 0.1) is 0 Å². The lowest BCUT2D eigenvalue weighted by Crippen LogP contribution is -2.43. The zero-order valence-corrected chi connectivity index (χ0v) is 22.0. The van der Waals surface area contributed by atoms with E-state index < -0.39 is 0 Å². The topological polar surface area (TPSA) is 98.7 Å². The first-order valence-electron chi connectivity index (χ1n) is 12.4. The highest BCUT2D eigenvalue weighted by Crippen LogP contribution is 2.38. The van der Waals surface area contributed by atoms with Gasteiger partial charge in [-0.15, -0.1) is 0 Å². The molecule has 35 heavy (non-hydrogen) atoms. The number of hydrogen-bond acceptors (Lipinski definition) is 6. The number of aliphatic hydroxyl groups is 1. The summed E-state index contributed by atoms with van der Waals surface area (Å²) in [5.74, 6) is 0.916. The molecule has 8 heteroatoms. The summed E-state index contributed by atoms with van der Waals surface area (Å²) in [7, 11) is 2.82. The van der Waals surface area contributed by atoms with Crippen LogP contribution in [0.1, 0.15) is 70.2 Å². The van der Waals surface area contributed by atoms with E-state index in [1.54, 1.807) is 4.90 Å². The number of benzene rings is 1. The number of anilines is 1. The summed E-state index contributed by atoms with van der Waals surface area (Å²) in [5.41, 5.74) is 2.95. The van der Waals surface area contributed by atoms with Crippen LogP contribution in [0.15, 0.2) is 36.5 Å². The van der Waals surface area contributed by atoms with Gasteiger partial charge in [-0.05, 0) is 38.7 Å². The quantitative estimate of drug-likeness (QED) is 0.672. The van der Waals surface area contributed by atoms with Crippen molar-refractivity contribution in [2.75, 3.05) is 26.0 Å². The van der Waals surface area contributed by atoms with Crippen LogP contribution in [0.2, 0.25) is 0 Å². The second-order valence-corrected chi connectivity index (χ2v) is 9.34. The number of amides is 2. The average Bonchev–Trinajstić information content (AvgIpc) is 3.13. The molecule has 2 amide bonds. The number of carbonyl (C=O) groups excluding carboxylic acids is 2. The van der Waals surface area contributed by atoms with Gasteiger partial charge in [-0.3, -0.25) is 9.59 Å². The molecule has 4 rings (SSSR count). The highest BCUT2D eigenvalue weighted by Gasteiger charge is 2.41. The molecule has 2 aromatic rings. The lowest BCUT2D eigenvalue weighted by atomic mass is 9.97. The molecule has 0 bridgehead atoms. The summed E-state index contributed by atoms with van der Waals surface area (Å²) in [4.78, 5) is 36.8. The van der Waals surface area contributed by atoms with Gasteiger partial charge in [-0.25, -0.2) is 9.97 Å². The summed E-state index contributed by atoms with van der Waals surface area (Å²) in [6, 6.07) is 10.6. The van der Waals surface area contributed by atoms with Gasteiger partial charge in [0.1, 0.15) is 0 Å². The molecule has 0 spiro atoms. The summed E-state index contributed by atoms with van der Waals surface area (Å²) >= 11 is 0. The standard InChI is InChI=1S/C18H27N5O2.C8H10.CH4O/c1-5-6-16(25)23-11-14-13(18(23,2)3)9-19-17(21-14)20-12-7-8-15(24)22(4)10-12;1-2-8-6-4-3-5-7-8;1-2/h9,12H,5-8,10-11H2,1-4H3,(H,19,20,21);3-7H,2H2,1H3;2H,1H3. The molecule has 8 nitrogen and oxygen atoms in total. The van der Waals surface area contributed by atoms with Crippen LogP contribution >= 0.6 is 0 Å². The number of likely N-dealkylation sites (tertiary alicyclic amines) is 1. The Kier molecular flexibility index (Phi) is 10.6. The average molecular weight is 484 g/mol. The van der Waals surface area contributed by atoms with Crippen LogP contribution in [-0.4, -0.2) is 63.4 Å². The minimum absolute atomic E-state index is 0.160. The maximum Gasteiger partial charge on any atom is 0.223 e. The molecule has 1 unspecified atom stereocenters. The molecule has 192 valence electrons. The van der Waals surface area contributed by atoms with E-state index in [-0.39, 0.29) is 23.4 Å². The van der Waals surface area contributed by atoms with Gasteiger partial charge in [0.05, 0.1) is 17.8 Å². The van der Waals surface area contributed by atoms with Crippen molar-refractivity contribution in [3.63, 3.8) is 0 Å². The Bertz CT molecular complexity index is 965. The van der Waals surface area contributed by atoms with Gasteiger partial charge < -0.3 is 20.2 Å². The van der Waals surface area contributed by atoms with E-state index in [2.05, 4.69) is 46.5 Å². The zero-order valence-electron chi connectivity index (χ0n) is 22.0. The second kappa shape index (κ2) is 13.2. The molecule has 2 aliphatic rings. The minimum atomic E-state index is -0.377. The Morgan fingerprint density at radius 1 is 1.20 bits per heavy atom. The summed E-state index contributed by atoms with van der Waals surface area (Å²) in [6.45, 7) is 9.46. The van der Waals surface area contributed by atoms with Gasteiger partial charge in [-0.1, -0.05) is 44.2 Å². The van der Waals surface area contributed by atoms with Crippen LogP contribution in [0.5, 0.6) is 0 Å². The largest absolute Gasteiger partial charge is 0.400 e. The molecule has 1 aromatic carbocycles. The molecule has 0 radical (unpaired) electrons. The number of nitrogens with zero attached hydrogens (tertiary/aromatic N) is 4. The predicted molar refractivity (Wildman–Crippen MR) is 139 cm³/mol. The second-order valence-electron chi connectivity index (χ2n) is 9.34. The summed E-state index contributed by atoms with van der Waals surface area (Å²) in [6.07, 6.45) is 5.70. The third kappa shape index (κ3) is 7.24. The van der Waals surface area contributed by atoms with Crippen LogP contribution in [0.25, 0.3) is 0 Å². The highest BCUT2D eigenvalue weighted by atomic mass is 16.2. The molecule has 0 aliphatic carbocycles. The molecular formula is C27H41N5O3. The van der Waals surface area contributed by atoms with Crippen LogP contribution < -0.4 is 5.32 Å². The molecule has 3 heterocycles. The molecular weight excluding hydrogens is 442 g/mol. The lowest BCUT2D eigenvalue weighted by molar-refractivity contribution is -0.136. The van der Waals surface area contributed by atoms with E-state index in [0.717, 1.165) is 37.6 Å². The summed E-state index contributed by atoms with van der Waals surface area (Å²) < 4.78 is 0. The van der Waals surface area contributed by atoms with Crippen molar-refractivity contribution in [2.24, 2.45) is 0 Å². The monoisotopic (exact) mass is 483 g/mol. The third-order valence-corrected chi connectivity index (χ3v) is 6.49.